The average molecular weight is 234 g/mol. The predicted octanol–water partition coefficient (Wildman–Crippen LogP) is 2.97. The van der Waals surface area contributed by atoms with Crippen molar-refractivity contribution >= 4 is 17.6 Å². The Labute approximate surface area is 102 Å². The number of amidine groups is 1. The van der Waals surface area contributed by atoms with E-state index in [1.165, 1.54) is 24.2 Å². The van der Waals surface area contributed by atoms with Crippen molar-refractivity contribution in [3.05, 3.63) is 35.4 Å². The van der Waals surface area contributed by atoms with E-state index in [1.54, 1.807) is 0 Å². The monoisotopic (exact) mass is 234 g/mol. The molecule has 0 amide bonds. The molecule has 0 atom stereocenters. The van der Waals surface area contributed by atoms with Gasteiger partial charge in [0.2, 0.25) is 0 Å². The molecule has 0 aromatic heterocycles. The number of rotatable bonds is 5. The van der Waals surface area contributed by atoms with Gasteiger partial charge in [-0.25, -0.2) is 0 Å². The van der Waals surface area contributed by atoms with Crippen LogP contribution in [0.3, 0.4) is 0 Å². The van der Waals surface area contributed by atoms with Gasteiger partial charge in [0, 0.05) is 18.7 Å². The highest BCUT2D eigenvalue weighted by Gasteiger charge is 2.22. The molecular weight excluding hydrogens is 216 g/mol. The number of nitrogens with one attached hydrogen (secondary N) is 1. The molecule has 1 heterocycles. The van der Waals surface area contributed by atoms with Crippen LogP contribution in [0.5, 0.6) is 0 Å². The van der Waals surface area contributed by atoms with E-state index in [0.717, 1.165) is 18.7 Å². The molecule has 86 valence electrons. The smallest absolute Gasteiger partial charge is 0.128 e. The van der Waals surface area contributed by atoms with E-state index in [4.69, 9.17) is 5.41 Å². The van der Waals surface area contributed by atoms with Crippen LogP contribution in [0.15, 0.2) is 24.3 Å². The SMILES string of the molecule is CSCCCCN1Cc2ccccc2C1=N. The van der Waals surface area contributed by atoms with Crippen molar-refractivity contribution in [2.75, 3.05) is 18.6 Å². The maximum atomic E-state index is 8.09. The maximum Gasteiger partial charge on any atom is 0.128 e. The van der Waals surface area contributed by atoms with E-state index in [0.29, 0.717) is 5.84 Å². The van der Waals surface area contributed by atoms with E-state index >= 15 is 0 Å². The highest BCUT2D eigenvalue weighted by Crippen LogP contribution is 2.22. The van der Waals surface area contributed by atoms with Crippen molar-refractivity contribution in [1.29, 1.82) is 5.41 Å². The summed E-state index contributed by atoms with van der Waals surface area (Å²) in [5, 5.41) is 8.09. The summed E-state index contributed by atoms with van der Waals surface area (Å²) in [4.78, 5) is 2.19. The lowest BCUT2D eigenvalue weighted by atomic mass is 10.1. The van der Waals surface area contributed by atoms with Crippen LogP contribution in [0.2, 0.25) is 0 Å². The first-order chi connectivity index (χ1) is 7.83. The number of nitrogens with zero attached hydrogens (tertiary/aromatic N) is 1. The molecule has 1 aromatic carbocycles. The van der Waals surface area contributed by atoms with Crippen molar-refractivity contribution in [1.82, 2.24) is 4.90 Å². The third kappa shape index (κ3) is 2.40. The summed E-state index contributed by atoms with van der Waals surface area (Å²) in [6.07, 6.45) is 4.59. The summed E-state index contributed by atoms with van der Waals surface area (Å²) in [6, 6.07) is 8.26. The zero-order chi connectivity index (χ0) is 11.4. The molecule has 2 nitrogen and oxygen atoms in total. The zero-order valence-corrected chi connectivity index (χ0v) is 10.5. The second kappa shape index (κ2) is 5.39. The lowest BCUT2D eigenvalue weighted by molar-refractivity contribution is 0.417. The van der Waals surface area contributed by atoms with Crippen LogP contribution in [-0.2, 0) is 6.54 Å². The van der Waals surface area contributed by atoms with Gasteiger partial charge in [0.1, 0.15) is 5.84 Å². The molecule has 3 heteroatoms. The fourth-order valence-corrected chi connectivity index (χ4v) is 2.58. The first-order valence-electron chi connectivity index (χ1n) is 5.73. The van der Waals surface area contributed by atoms with E-state index in [9.17, 15) is 0 Å². The minimum Gasteiger partial charge on any atom is -0.352 e. The number of benzene rings is 1. The van der Waals surface area contributed by atoms with Gasteiger partial charge < -0.3 is 4.90 Å². The van der Waals surface area contributed by atoms with Gasteiger partial charge in [-0.05, 0) is 30.4 Å². The fourth-order valence-electron chi connectivity index (χ4n) is 2.08. The Kier molecular flexibility index (Phi) is 3.88. The van der Waals surface area contributed by atoms with Gasteiger partial charge in [0.15, 0.2) is 0 Å². The van der Waals surface area contributed by atoms with Crippen molar-refractivity contribution in [3.63, 3.8) is 0 Å². The number of hydrogen-bond donors (Lipinski definition) is 1. The van der Waals surface area contributed by atoms with Crippen LogP contribution in [0, 0.1) is 5.41 Å². The van der Waals surface area contributed by atoms with Gasteiger partial charge in [-0.1, -0.05) is 24.3 Å². The third-order valence-electron chi connectivity index (χ3n) is 2.98. The molecule has 0 radical (unpaired) electrons. The van der Waals surface area contributed by atoms with E-state index < -0.39 is 0 Å². The molecule has 0 unspecified atom stereocenters. The molecule has 0 bridgehead atoms. The summed E-state index contributed by atoms with van der Waals surface area (Å²) >= 11 is 1.90. The Morgan fingerprint density at radius 3 is 2.88 bits per heavy atom. The van der Waals surface area contributed by atoms with Gasteiger partial charge in [0.25, 0.3) is 0 Å². The number of fused-ring (bicyclic) bond motifs is 1. The van der Waals surface area contributed by atoms with Crippen LogP contribution < -0.4 is 0 Å². The highest BCUT2D eigenvalue weighted by molar-refractivity contribution is 7.98. The van der Waals surface area contributed by atoms with Gasteiger partial charge in [-0.2, -0.15) is 11.8 Å². The zero-order valence-electron chi connectivity index (χ0n) is 9.70. The fraction of sp³-hybridized carbons (Fsp3) is 0.462. The molecular formula is C13H18N2S. The Bertz CT molecular complexity index is 376. The molecule has 0 saturated carbocycles. The molecule has 0 aliphatic carbocycles. The molecule has 0 saturated heterocycles. The summed E-state index contributed by atoms with van der Waals surface area (Å²) in [6.45, 7) is 1.95. The molecule has 2 rings (SSSR count). The summed E-state index contributed by atoms with van der Waals surface area (Å²) in [7, 11) is 0. The summed E-state index contributed by atoms with van der Waals surface area (Å²) < 4.78 is 0. The lowest BCUT2D eigenvalue weighted by Gasteiger charge is -2.17. The van der Waals surface area contributed by atoms with Crippen LogP contribution in [0.4, 0.5) is 0 Å². The van der Waals surface area contributed by atoms with Gasteiger partial charge >= 0.3 is 0 Å². The van der Waals surface area contributed by atoms with Crippen molar-refractivity contribution in [3.8, 4) is 0 Å². The van der Waals surface area contributed by atoms with Crippen LogP contribution in [0.25, 0.3) is 0 Å². The van der Waals surface area contributed by atoms with Gasteiger partial charge in [0.05, 0.1) is 0 Å². The maximum absolute atomic E-state index is 8.09. The molecule has 0 fully saturated rings. The van der Waals surface area contributed by atoms with Crippen LogP contribution in [-0.4, -0.2) is 29.3 Å². The van der Waals surface area contributed by atoms with Crippen molar-refractivity contribution in [2.45, 2.75) is 19.4 Å². The largest absolute Gasteiger partial charge is 0.352 e. The standard InChI is InChI=1S/C13H18N2S/c1-16-9-5-4-8-15-10-11-6-2-3-7-12(11)13(15)14/h2-3,6-7,14H,4-5,8-10H2,1H3. The minimum absolute atomic E-state index is 0.708. The number of thioether (sulfide) groups is 1. The van der Waals surface area contributed by atoms with Crippen LogP contribution >= 0.6 is 11.8 Å². The normalized spacial score (nSPS) is 14.3. The molecule has 1 aliphatic rings. The summed E-state index contributed by atoms with van der Waals surface area (Å²) in [5.41, 5.74) is 2.42. The van der Waals surface area contributed by atoms with E-state index in [1.807, 2.05) is 17.8 Å². The highest BCUT2D eigenvalue weighted by atomic mass is 32.2. The second-order valence-corrected chi connectivity index (χ2v) is 5.11. The Morgan fingerprint density at radius 1 is 1.31 bits per heavy atom. The Hall–Kier alpha value is -0.960. The van der Waals surface area contributed by atoms with Gasteiger partial charge in [-0.3, -0.25) is 5.41 Å². The van der Waals surface area contributed by atoms with Crippen LogP contribution in [0.1, 0.15) is 24.0 Å². The molecule has 1 N–H and O–H groups in total. The number of hydrogen-bond acceptors (Lipinski definition) is 2. The van der Waals surface area contributed by atoms with Crippen molar-refractivity contribution in [2.24, 2.45) is 0 Å². The molecule has 0 spiro atoms. The topological polar surface area (TPSA) is 27.1 Å². The number of unbranched alkanes of at least 4 members (excludes halogenated alkanes) is 1. The molecule has 1 aliphatic heterocycles. The molecule has 1 aromatic rings. The first kappa shape index (κ1) is 11.5. The minimum atomic E-state index is 0.708. The summed E-state index contributed by atoms with van der Waals surface area (Å²) in [5.74, 6) is 1.94. The Balaban J connectivity index is 1.89. The Morgan fingerprint density at radius 2 is 2.12 bits per heavy atom. The lowest BCUT2D eigenvalue weighted by Crippen LogP contribution is -2.25. The van der Waals surface area contributed by atoms with E-state index in [-0.39, 0.29) is 0 Å². The first-order valence-corrected chi connectivity index (χ1v) is 7.13. The van der Waals surface area contributed by atoms with Crippen molar-refractivity contribution < 1.29 is 0 Å². The quantitative estimate of drug-likeness (QED) is 0.793. The third-order valence-corrected chi connectivity index (χ3v) is 3.67. The second-order valence-electron chi connectivity index (χ2n) is 4.13. The van der Waals surface area contributed by atoms with E-state index in [2.05, 4.69) is 29.4 Å². The average Bonchev–Trinajstić information content (AvgIpc) is 2.63. The van der Waals surface area contributed by atoms with Gasteiger partial charge in [-0.15, -0.1) is 0 Å². The predicted molar refractivity (Wildman–Crippen MR) is 71.3 cm³/mol. The molecule has 16 heavy (non-hydrogen) atoms.